The predicted molar refractivity (Wildman–Crippen MR) is 132 cm³/mol. The van der Waals surface area contributed by atoms with E-state index in [1.54, 1.807) is 29.5 Å². The number of carbonyl (C=O) groups is 2. The van der Waals surface area contributed by atoms with Crippen LogP contribution in [0.4, 0.5) is 0 Å². The van der Waals surface area contributed by atoms with Gasteiger partial charge in [-0.05, 0) is 55.3 Å². The van der Waals surface area contributed by atoms with E-state index in [1.807, 2.05) is 39.1 Å². The zero-order valence-corrected chi connectivity index (χ0v) is 20.8. The van der Waals surface area contributed by atoms with Crippen LogP contribution in [0.1, 0.15) is 62.8 Å². The highest BCUT2D eigenvalue weighted by Crippen LogP contribution is 2.47. The van der Waals surface area contributed by atoms with Gasteiger partial charge in [0.2, 0.25) is 0 Å². The molecule has 6 nitrogen and oxygen atoms in total. The number of thiophene rings is 1. The Kier molecular flexibility index (Phi) is 7.12. The van der Waals surface area contributed by atoms with Crippen molar-refractivity contribution in [1.82, 2.24) is 5.32 Å². The van der Waals surface area contributed by atoms with Gasteiger partial charge < -0.3 is 19.9 Å². The van der Waals surface area contributed by atoms with Gasteiger partial charge in [0.15, 0.2) is 17.3 Å². The number of benzene rings is 1. The second-order valence-corrected chi connectivity index (χ2v) is 10.2. The molecule has 1 aromatic carbocycles. The monoisotopic (exact) mass is 481 g/mol. The first kappa shape index (κ1) is 24.1. The van der Waals surface area contributed by atoms with Gasteiger partial charge in [-0.15, -0.1) is 11.3 Å². The number of nitrogens with one attached hydrogen (secondary N) is 1. The summed E-state index contributed by atoms with van der Waals surface area (Å²) < 4.78 is 11.2. The number of dihydropyridines is 1. The van der Waals surface area contributed by atoms with Crippen molar-refractivity contribution in [3.8, 4) is 11.5 Å². The number of hydrogen-bond donors (Lipinski definition) is 2. The molecule has 0 spiro atoms. The molecular formula is C27H31NO5S. The second-order valence-electron chi connectivity index (χ2n) is 9.19. The first-order chi connectivity index (χ1) is 16.3. The molecule has 2 N–H and O–H groups in total. The third-order valence-electron chi connectivity index (χ3n) is 6.16. The van der Waals surface area contributed by atoms with E-state index in [1.165, 1.54) is 4.88 Å². The van der Waals surface area contributed by atoms with Crippen LogP contribution in [0.2, 0.25) is 0 Å². The number of ether oxygens (including phenoxy) is 2. The van der Waals surface area contributed by atoms with Gasteiger partial charge in [0.1, 0.15) is 0 Å². The minimum atomic E-state index is -0.590. The fourth-order valence-corrected chi connectivity index (χ4v) is 5.50. The molecule has 2 aliphatic rings. The Labute approximate surface area is 204 Å². The molecule has 1 aliphatic heterocycles. The molecule has 180 valence electrons. The largest absolute Gasteiger partial charge is 0.504 e. The molecule has 0 radical (unpaired) electrons. The second kappa shape index (κ2) is 10.1. The van der Waals surface area contributed by atoms with Crippen molar-refractivity contribution in [2.45, 2.75) is 52.4 Å². The van der Waals surface area contributed by atoms with E-state index in [2.05, 4.69) is 11.4 Å². The molecule has 0 fully saturated rings. The summed E-state index contributed by atoms with van der Waals surface area (Å²) >= 11 is 1.66. The van der Waals surface area contributed by atoms with Gasteiger partial charge in [-0.3, -0.25) is 4.79 Å². The molecule has 2 atom stereocenters. The predicted octanol–water partition coefficient (Wildman–Crippen LogP) is 5.41. The lowest BCUT2D eigenvalue weighted by Gasteiger charge is -2.36. The molecular weight excluding hydrogens is 450 g/mol. The van der Waals surface area contributed by atoms with Crippen molar-refractivity contribution in [2.24, 2.45) is 5.92 Å². The molecule has 7 heteroatoms. The first-order valence-electron chi connectivity index (χ1n) is 11.7. The van der Waals surface area contributed by atoms with E-state index in [0.717, 1.165) is 5.70 Å². The molecule has 0 amide bonds. The van der Waals surface area contributed by atoms with E-state index in [4.69, 9.17) is 9.47 Å². The van der Waals surface area contributed by atoms with Gasteiger partial charge in [0.05, 0.1) is 18.8 Å². The van der Waals surface area contributed by atoms with Gasteiger partial charge in [-0.1, -0.05) is 26.0 Å². The molecule has 0 saturated heterocycles. The van der Waals surface area contributed by atoms with Crippen molar-refractivity contribution in [1.29, 1.82) is 0 Å². The van der Waals surface area contributed by atoms with Crippen molar-refractivity contribution < 1.29 is 24.2 Å². The van der Waals surface area contributed by atoms with Crippen molar-refractivity contribution in [3.63, 3.8) is 0 Å². The van der Waals surface area contributed by atoms with Gasteiger partial charge >= 0.3 is 5.97 Å². The number of esters is 1. The van der Waals surface area contributed by atoms with Gasteiger partial charge in [-0.2, -0.15) is 0 Å². The SMILES string of the molecule is CCOc1cc([C@H]2C(C(=O)OCC(C)C)=C(C)NC3=C2C(=O)C[C@H](c2cccs2)C3)ccc1O. The number of rotatable bonds is 7. The summed E-state index contributed by atoms with van der Waals surface area (Å²) in [4.78, 5) is 28.0. The Bertz CT molecular complexity index is 1150. The smallest absolute Gasteiger partial charge is 0.336 e. The van der Waals surface area contributed by atoms with Crippen LogP contribution in [0.3, 0.4) is 0 Å². The summed E-state index contributed by atoms with van der Waals surface area (Å²) in [6, 6.07) is 9.10. The van der Waals surface area contributed by atoms with E-state index >= 15 is 0 Å². The highest BCUT2D eigenvalue weighted by Gasteiger charge is 2.41. The zero-order valence-electron chi connectivity index (χ0n) is 20.0. The molecule has 2 aromatic rings. The highest BCUT2D eigenvalue weighted by molar-refractivity contribution is 7.10. The number of allylic oxidation sites excluding steroid dienone is 3. The average Bonchev–Trinajstić information content (AvgIpc) is 3.33. The van der Waals surface area contributed by atoms with Crippen LogP contribution in [-0.2, 0) is 14.3 Å². The maximum atomic E-state index is 13.6. The fraction of sp³-hybridized carbons (Fsp3) is 0.407. The number of aromatic hydroxyl groups is 1. The topological polar surface area (TPSA) is 84.9 Å². The van der Waals surface area contributed by atoms with Gasteiger partial charge in [0, 0.05) is 40.1 Å². The lowest BCUT2D eigenvalue weighted by molar-refractivity contribution is -0.140. The van der Waals surface area contributed by atoms with Crippen LogP contribution < -0.4 is 10.1 Å². The summed E-state index contributed by atoms with van der Waals surface area (Å²) in [6.07, 6.45) is 1.08. The summed E-state index contributed by atoms with van der Waals surface area (Å²) in [5.74, 6) is -0.359. The maximum Gasteiger partial charge on any atom is 0.336 e. The van der Waals surface area contributed by atoms with Crippen LogP contribution in [-0.4, -0.2) is 30.1 Å². The molecule has 0 unspecified atom stereocenters. The van der Waals surface area contributed by atoms with E-state index in [0.29, 0.717) is 54.2 Å². The van der Waals surface area contributed by atoms with E-state index < -0.39 is 11.9 Å². The van der Waals surface area contributed by atoms with Crippen LogP contribution in [0.15, 0.2) is 58.3 Å². The number of phenolic OH excluding ortho intramolecular Hbond substituents is 1. The van der Waals surface area contributed by atoms with Crippen LogP contribution in [0.25, 0.3) is 0 Å². The molecule has 0 bridgehead atoms. The summed E-state index contributed by atoms with van der Waals surface area (Å²) in [5, 5.41) is 15.6. The highest BCUT2D eigenvalue weighted by atomic mass is 32.1. The third-order valence-corrected chi connectivity index (χ3v) is 7.19. The standard InChI is InChI=1S/C27H31NO5S/c1-5-32-22-13-17(8-9-20(22)29)25-24(27(31)33-14-15(2)3)16(4)28-19-11-18(12-21(30)26(19)25)23-7-6-10-34-23/h6-10,13,15,18,25,28-29H,5,11-12,14H2,1-4H3/t18-,25+/m1/s1. The fourth-order valence-electron chi connectivity index (χ4n) is 4.67. The summed E-state index contributed by atoms with van der Waals surface area (Å²) in [6.45, 7) is 8.33. The minimum Gasteiger partial charge on any atom is -0.504 e. The molecule has 1 aliphatic carbocycles. The molecule has 34 heavy (non-hydrogen) atoms. The van der Waals surface area contributed by atoms with Crippen LogP contribution in [0, 0.1) is 5.92 Å². The minimum absolute atomic E-state index is 0.0184. The quantitative estimate of drug-likeness (QED) is 0.514. The van der Waals surface area contributed by atoms with E-state index in [9.17, 15) is 14.7 Å². The molecule has 2 heterocycles. The summed E-state index contributed by atoms with van der Waals surface area (Å²) in [5.41, 5.74) is 3.28. The Morgan fingerprint density at radius 3 is 2.74 bits per heavy atom. The lowest BCUT2D eigenvalue weighted by atomic mass is 9.72. The number of hydrogen-bond acceptors (Lipinski definition) is 7. The van der Waals surface area contributed by atoms with Crippen LogP contribution in [0.5, 0.6) is 11.5 Å². The Morgan fingerprint density at radius 2 is 2.06 bits per heavy atom. The first-order valence-corrected chi connectivity index (χ1v) is 12.6. The molecule has 1 aromatic heterocycles. The molecule has 0 saturated carbocycles. The normalized spacial score (nSPS) is 20.3. The van der Waals surface area contributed by atoms with Crippen molar-refractivity contribution >= 4 is 23.1 Å². The molecule has 4 rings (SSSR count). The Morgan fingerprint density at radius 1 is 1.26 bits per heavy atom. The van der Waals surface area contributed by atoms with Crippen LogP contribution >= 0.6 is 11.3 Å². The number of Topliss-reactive ketones (excluding diaryl/α,β-unsaturated/α-hetero) is 1. The average molecular weight is 482 g/mol. The number of carbonyl (C=O) groups excluding carboxylic acids is 2. The maximum absolute atomic E-state index is 13.6. The zero-order chi connectivity index (χ0) is 24.4. The van der Waals surface area contributed by atoms with Crippen molar-refractivity contribution in [3.05, 3.63) is 68.7 Å². The lowest BCUT2D eigenvalue weighted by Crippen LogP contribution is -2.36. The van der Waals surface area contributed by atoms with Gasteiger partial charge in [-0.25, -0.2) is 4.79 Å². The summed E-state index contributed by atoms with van der Waals surface area (Å²) in [7, 11) is 0. The van der Waals surface area contributed by atoms with Crippen molar-refractivity contribution in [2.75, 3.05) is 13.2 Å². The number of phenols is 1. The Hall–Kier alpha value is -3.06. The number of ketones is 1. The Balaban J connectivity index is 1.80. The van der Waals surface area contributed by atoms with E-state index in [-0.39, 0.29) is 23.4 Å². The van der Waals surface area contributed by atoms with Gasteiger partial charge in [0.25, 0.3) is 0 Å². The third kappa shape index (κ3) is 4.75.